The molecule has 0 bridgehead atoms. The molecule has 1 saturated heterocycles. The third kappa shape index (κ3) is 4.96. The number of amides is 1. The highest BCUT2D eigenvalue weighted by Gasteiger charge is 2.12. The number of hydrogen-bond acceptors (Lipinski definition) is 5. The van der Waals surface area contributed by atoms with Gasteiger partial charge in [-0.3, -0.25) is 9.52 Å². The molecule has 138 valence electrons. The van der Waals surface area contributed by atoms with Crippen molar-refractivity contribution in [2.24, 2.45) is 0 Å². The number of rotatable bonds is 5. The normalized spacial score (nSPS) is 14.7. The molecule has 2 N–H and O–H groups in total. The van der Waals surface area contributed by atoms with Crippen LogP contribution >= 0.6 is 0 Å². The number of benzene rings is 2. The molecule has 3 rings (SSSR count). The lowest BCUT2D eigenvalue weighted by Crippen LogP contribution is -2.36. The molecule has 7 nitrogen and oxygen atoms in total. The van der Waals surface area contributed by atoms with Crippen LogP contribution in [-0.2, 0) is 14.8 Å². The molecule has 0 radical (unpaired) electrons. The van der Waals surface area contributed by atoms with Crippen molar-refractivity contribution in [3.63, 3.8) is 0 Å². The molecular formula is C18H21N3O4S. The maximum Gasteiger partial charge on any atom is 0.255 e. The minimum atomic E-state index is -3.33. The van der Waals surface area contributed by atoms with E-state index in [1.807, 2.05) is 24.3 Å². The monoisotopic (exact) mass is 375 g/mol. The van der Waals surface area contributed by atoms with Crippen molar-refractivity contribution < 1.29 is 17.9 Å². The summed E-state index contributed by atoms with van der Waals surface area (Å²) in [6, 6.07) is 13.9. The number of carbonyl (C=O) groups excluding carboxylic acids is 1. The van der Waals surface area contributed by atoms with Gasteiger partial charge in [-0.15, -0.1) is 0 Å². The summed E-state index contributed by atoms with van der Waals surface area (Å²) in [6.07, 6.45) is 1.08. The van der Waals surface area contributed by atoms with Crippen LogP contribution in [-0.4, -0.2) is 46.9 Å². The summed E-state index contributed by atoms with van der Waals surface area (Å²) >= 11 is 0. The Morgan fingerprint density at radius 2 is 1.54 bits per heavy atom. The van der Waals surface area contributed by atoms with Crippen LogP contribution in [0.2, 0.25) is 0 Å². The summed E-state index contributed by atoms with van der Waals surface area (Å²) in [5.74, 6) is -0.255. The Morgan fingerprint density at radius 1 is 0.962 bits per heavy atom. The molecule has 0 saturated carbocycles. The van der Waals surface area contributed by atoms with Crippen molar-refractivity contribution in [2.75, 3.05) is 47.5 Å². The van der Waals surface area contributed by atoms with Crippen molar-refractivity contribution in [3.05, 3.63) is 54.1 Å². The minimum Gasteiger partial charge on any atom is -0.378 e. The summed E-state index contributed by atoms with van der Waals surface area (Å²) in [5, 5.41) is 2.84. The van der Waals surface area contributed by atoms with Gasteiger partial charge in [-0.25, -0.2) is 8.42 Å². The van der Waals surface area contributed by atoms with Gasteiger partial charge in [0.1, 0.15) is 0 Å². The highest BCUT2D eigenvalue weighted by molar-refractivity contribution is 7.92. The van der Waals surface area contributed by atoms with E-state index in [0.717, 1.165) is 38.2 Å². The smallest absolute Gasteiger partial charge is 0.255 e. The molecule has 0 unspecified atom stereocenters. The highest BCUT2D eigenvalue weighted by atomic mass is 32.2. The van der Waals surface area contributed by atoms with Gasteiger partial charge in [0.2, 0.25) is 10.0 Å². The summed E-state index contributed by atoms with van der Waals surface area (Å²) in [6.45, 7) is 3.17. The number of hydrogen-bond donors (Lipinski definition) is 2. The molecular weight excluding hydrogens is 354 g/mol. The van der Waals surface area contributed by atoms with Crippen LogP contribution in [0.1, 0.15) is 10.4 Å². The van der Waals surface area contributed by atoms with Crippen LogP contribution in [0.3, 0.4) is 0 Å². The predicted octanol–water partition coefficient (Wildman–Crippen LogP) is 2.15. The molecule has 1 aliphatic rings. The fourth-order valence-corrected chi connectivity index (χ4v) is 3.25. The van der Waals surface area contributed by atoms with Gasteiger partial charge < -0.3 is 15.0 Å². The molecule has 1 aliphatic heterocycles. The number of sulfonamides is 1. The molecule has 0 spiro atoms. The van der Waals surface area contributed by atoms with E-state index in [4.69, 9.17) is 4.74 Å². The molecule has 0 aromatic heterocycles. The van der Waals surface area contributed by atoms with E-state index in [9.17, 15) is 13.2 Å². The predicted molar refractivity (Wildman–Crippen MR) is 102 cm³/mol. The van der Waals surface area contributed by atoms with E-state index in [1.54, 1.807) is 24.3 Å². The van der Waals surface area contributed by atoms with E-state index in [1.165, 1.54) is 0 Å². The van der Waals surface area contributed by atoms with Crippen molar-refractivity contribution in [2.45, 2.75) is 0 Å². The van der Waals surface area contributed by atoms with Gasteiger partial charge in [0.25, 0.3) is 5.91 Å². The molecule has 2 aromatic carbocycles. The van der Waals surface area contributed by atoms with Crippen LogP contribution < -0.4 is 14.9 Å². The summed E-state index contributed by atoms with van der Waals surface area (Å²) < 4.78 is 30.1. The summed E-state index contributed by atoms with van der Waals surface area (Å²) in [5.41, 5.74) is 2.66. The second-order valence-electron chi connectivity index (χ2n) is 6.05. The highest BCUT2D eigenvalue weighted by Crippen LogP contribution is 2.20. The van der Waals surface area contributed by atoms with Crippen LogP contribution in [0.15, 0.2) is 48.5 Å². The summed E-state index contributed by atoms with van der Waals surface area (Å²) in [7, 11) is -3.33. The Hall–Kier alpha value is -2.58. The van der Waals surface area contributed by atoms with E-state index < -0.39 is 10.0 Å². The van der Waals surface area contributed by atoms with Crippen molar-refractivity contribution in [1.82, 2.24) is 0 Å². The zero-order chi connectivity index (χ0) is 18.6. The van der Waals surface area contributed by atoms with Gasteiger partial charge in [0.05, 0.1) is 19.5 Å². The Balaban J connectivity index is 1.62. The molecule has 26 heavy (non-hydrogen) atoms. The SMILES string of the molecule is CS(=O)(=O)Nc1ccc(C(=O)Nc2ccc(N3CCOCC3)cc2)cc1. The lowest BCUT2D eigenvalue weighted by atomic mass is 10.2. The number of carbonyl (C=O) groups is 1. The number of anilines is 3. The van der Waals surface area contributed by atoms with Crippen LogP contribution in [0.4, 0.5) is 17.1 Å². The molecule has 0 aliphatic carbocycles. The second kappa shape index (κ2) is 7.76. The Kier molecular flexibility index (Phi) is 5.43. The molecule has 1 fully saturated rings. The maximum atomic E-state index is 12.3. The van der Waals surface area contributed by atoms with Gasteiger partial charge in [-0.05, 0) is 48.5 Å². The van der Waals surface area contributed by atoms with Gasteiger partial charge in [-0.2, -0.15) is 0 Å². The van der Waals surface area contributed by atoms with Gasteiger partial charge in [0.15, 0.2) is 0 Å². The quantitative estimate of drug-likeness (QED) is 0.836. The van der Waals surface area contributed by atoms with Crippen molar-refractivity contribution in [1.29, 1.82) is 0 Å². The first kappa shape index (κ1) is 18.2. The van der Waals surface area contributed by atoms with E-state index in [0.29, 0.717) is 16.9 Å². The van der Waals surface area contributed by atoms with Gasteiger partial charge >= 0.3 is 0 Å². The molecule has 1 heterocycles. The Labute approximate surface area is 153 Å². The average Bonchev–Trinajstić information content (AvgIpc) is 2.62. The Bertz CT molecular complexity index is 858. The largest absolute Gasteiger partial charge is 0.378 e. The first-order chi connectivity index (χ1) is 12.4. The number of ether oxygens (including phenoxy) is 1. The summed E-state index contributed by atoms with van der Waals surface area (Å²) in [4.78, 5) is 14.6. The molecule has 2 aromatic rings. The van der Waals surface area contributed by atoms with Gasteiger partial charge in [-0.1, -0.05) is 0 Å². The van der Waals surface area contributed by atoms with Crippen LogP contribution in [0.25, 0.3) is 0 Å². The second-order valence-corrected chi connectivity index (χ2v) is 7.80. The van der Waals surface area contributed by atoms with E-state index in [2.05, 4.69) is 14.9 Å². The average molecular weight is 375 g/mol. The van der Waals surface area contributed by atoms with E-state index in [-0.39, 0.29) is 5.91 Å². The first-order valence-corrected chi connectivity index (χ1v) is 10.1. The molecule has 1 amide bonds. The standard InChI is InChI=1S/C18H21N3O4S/c1-26(23,24)20-16-4-2-14(3-5-16)18(22)19-15-6-8-17(9-7-15)21-10-12-25-13-11-21/h2-9,20H,10-13H2,1H3,(H,19,22). The van der Waals surface area contributed by atoms with E-state index >= 15 is 0 Å². The fourth-order valence-electron chi connectivity index (χ4n) is 2.68. The zero-order valence-corrected chi connectivity index (χ0v) is 15.3. The third-order valence-electron chi connectivity index (χ3n) is 3.95. The molecule has 8 heteroatoms. The minimum absolute atomic E-state index is 0.255. The van der Waals surface area contributed by atoms with Crippen molar-refractivity contribution >= 4 is 33.0 Å². The maximum absolute atomic E-state index is 12.3. The Morgan fingerprint density at radius 3 is 2.12 bits per heavy atom. The molecule has 0 atom stereocenters. The fraction of sp³-hybridized carbons (Fsp3) is 0.278. The number of nitrogens with zero attached hydrogens (tertiary/aromatic N) is 1. The lowest BCUT2D eigenvalue weighted by Gasteiger charge is -2.28. The van der Waals surface area contributed by atoms with Crippen LogP contribution in [0, 0.1) is 0 Å². The first-order valence-electron chi connectivity index (χ1n) is 8.23. The van der Waals surface area contributed by atoms with Crippen LogP contribution in [0.5, 0.6) is 0 Å². The third-order valence-corrected chi connectivity index (χ3v) is 4.56. The lowest BCUT2D eigenvalue weighted by molar-refractivity contribution is 0.102. The number of nitrogens with one attached hydrogen (secondary N) is 2. The van der Waals surface area contributed by atoms with Crippen molar-refractivity contribution in [3.8, 4) is 0 Å². The topological polar surface area (TPSA) is 87.7 Å². The number of morpholine rings is 1. The van der Waals surface area contributed by atoms with Gasteiger partial charge in [0, 0.05) is 35.7 Å². The zero-order valence-electron chi connectivity index (χ0n) is 14.4.